The number of carbonyl (C=O) groups excluding carboxylic acids is 2. The molecular weight excluding hydrogens is 340 g/mol. The zero-order valence-corrected chi connectivity index (χ0v) is 15.2. The van der Waals surface area contributed by atoms with Crippen molar-refractivity contribution in [3.05, 3.63) is 53.1 Å². The lowest BCUT2D eigenvalue weighted by molar-refractivity contribution is 0.0549. The highest BCUT2D eigenvalue weighted by Crippen LogP contribution is 2.34. The molecule has 1 aliphatic heterocycles. The third kappa shape index (κ3) is 2.57. The number of hydrogen-bond acceptors (Lipinski definition) is 4. The molecule has 0 spiro atoms. The predicted molar refractivity (Wildman–Crippen MR) is 102 cm³/mol. The van der Waals surface area contributed by atoms with Crippen LogP contribution in [0.2, 0.25) is 0 Å². The molecule has 2 heterocycles. The van der Waals surface area contributed by atoms with Crippen molar-refractivity contribution in [1.29, 1.82) is 0 Å². The van der Waals surface area contributed by atoms with Crippen molar-refractivity contribution >= 4 is 22.9 Å². The second-order valence-electron chi connectivity index (χ2n) is 7.52. The average molecular weight is 360 g/mol. The predicted octanol–water partition coefficient (Wildman–Crippen LogP) is 4.73. The van der Waals surface area contributed by atoms with Gasteiger partial charge in [-0.1, -0.05) is 25.3 Å². The first kappa shape index (κ1) is 16.2. The molecule has 2 amide bonds. The van der Waals surface area contributed by atoms with Gasteiger partial charge in [0.05, 0.1) is 11.1 Å². The second-order valence-corrected chi connectivity index (χ2v) is 7.52. The van der Waals surface area contributed by atoms with Gasteiger partial charge in [0.2, 0.25) is 5.89 Å². The van der Waals surface area contributed by atoms with Gasteiger partial charge in [-0.15, -0.1) is 0 Å². The summed E-state index contributed by atoms with van der Waals surface area (Å²) in [6, 6.07) is 11.2. The fourth-order valence-corrected chi connectivity index (χ4v) is 4.22. The summed E-state index contributed by atoms with van der Waals surface area (Å²) in [7, 11) is 0. The zero-order chi connectivity index (χ0) is 18.5. The summed E-state index contributed by atoms with van der Waals surface area (Å²) in [4.78, 5) is 31.8. The topological polar surface area (TPSA) is 63.4 Å². The summed E-state index contributed by atoms with van der Waals surface area (Å²) in [6.45, 7) is 2.01. The number of oxazole rings is 1. The van der Waals surface area contributed by atoms with Crippen LogP contribution < -0.4 is 0 Å². The quantitative estimate of drug-likeness (QED) is 0.620. The first-order valence-corrected chi connectivity index (χ1v) is 9.51. The Labute approximate surface area is 157 Å². The van der Waals surface area contributed by atoms with Gasteiger partial charge in [-0.2, -0.15) is 0 Å². The molecule has 0 bridgehead atoms. The van der Waals surface area contributed by atoms with Crippen LogP contribution in [-0.2, 0) is 0 Å². The van der Waals surface area contributed by atoms with Crippen LogP contribution in [0, 0.1) is 6.92 Å². The average Bonchev–Trinajstić information content (AvgIpc) is 3.21. The highest BCUT2D eigenvalue weighted by Gasteiger charge is 2.40. The molecule has 0 atom stereocenters. The van der Waals surface area contributed by atoms with E-state index in [0.29, 0.717) is 28.2 Å². The molecule has 0 radical (unpaired) electrons. The van der Waals surface area contributed by atoms with Gasteiger partial charge in [0.15, 0.2) is 5.58 Å². The molecule has 1 saturated carbocycles. The number of hydrogen-bond donors (Lipinski definition) is 0. The standard InChI is InChI=1S/C22H20N2O3/c1-13-7-10-19-18(11-13)23-20(27-19)14-8-9-16-17(12-14)22(26)24(21(16)25)15-5-3-2-4-6-15/h7-12,15H,2-6H2,1H3. The second kappa shape index (κ2) is 6.05. The fourth-order valence-electron chi connectivity index (χ4n) is 4.22. The smallest absolute Gasteiger partial charge is 0.261 e. The van der Waals surface area contributed by atoms with Gasteiger partial charge in [-0.05, 0) is 55.7 Å². The minimum absolute atomic E-state index is 0.0295. The van der Waals surface area contributed by atoms with Crippen molar-refractivity contribution in [2.45, 2.75) is 45.1 Å². The number of amides is 2. The Morgan fingerprint density at radius 3 is 2.56 bits per heavy atom. The van der Waals surface area contributed by atoms with E-state index in [0.717, 1.165) is 36.8 Å². The van der Waals surface area contributed by atoms with Crippen LogP contribution in [0.5, 0.6) is 0 Å². The monoisotopic (exact) mass is 360 g/mol. The molecule has 1 aliphatic carbocycles. The molecule has 0 saturated heterocycles. The van der Waals surface area contributed by atoms with Gasteiger partial charge in [0.1, 0.15) is 5.52 Å². The number of aromatic nitrogens is 1. The lowest BCUT2D eigenvalue weighted by atomic mass is 9.94. The van der Waals surface area contributed by atoms with E-state index in [9.17, 15) is 9.59 Å². The van der Waals surface area contributed by atoms with Crippen molar-refractivity contribution in [2.75, 3.05) is 0 Å². The van der Waals surface area contributed by atoms with Crippen molar-refractivity contribution in [3.63, 3.8) is 0 Å². The molecule has 2 aliphatic rings. The van der Waals surface area contributed by atoms with Crippen LogP contribution in [0.1, 0.15) is 58.4 Å². The molecule has 1 aromatic heterocycles. The number of carbonyl (C=O) groups is 2. The number of fused-ring (bicyclic) bond motifs is 2. The summed E-state index contributed by atoms with van der Waals surface area (Å²) in [5.74, 6) is 0.118. The number of nitrogens with zero attached hydrogens (tertiary/aromatic N) is 2. The van der Waals surface area contributed by atoms with E-state index in [-0.39, 0.29) is 17.9 Å². The van der Waals surface area contributed by atoms with Gasteiger partial charge >= 0.3 is 0 Å². The van der Waals surface area contributed by atoms with Crippen LogP contribution >= 0.6 is 0 Å². The van der Waals surface area contributed by atoms with Crippen molar-refractivity contribution in [1.82, 2.24) is 9.88 Å². The normalized spacial score (nSPS) is 17.7. The summed E-state index contributed by atoms with van der Waals surface area (Å²) >= 11 is 0. The molecule has 136 valence electrons. The molecule has 3 aromatic rings. The number of imide groups is 1. The first-order chi connectivity index (χ1) is 13.1. The molecular formula is C22H20N2O3. The SMILES string of the molecule is Cc1ccc2oc(-c3ccc4c(c3)C(=O)N(C3CCCCC3)C4=O)nc2c1. The number of aryl methyl sites for hydroxylation is 1. The van der Waals surface area contributed by atoms with Crippen molar-refractivity contribution in [2.24, 2.45) is 0 Å². The fraction of sp³-hybridized carbons (Fsp3) is 0.318. The minimum atomic E-state index is -0.185. The van der Waals surface area contributed by atoms with Gasteiger partial charge in [-0.25, -0.2) is 4.98 Å². The van der Waals surface area contributed by atoms with Crippen molar-refractivity contribution in [3.8, 4) is 11.5 Å². The summed E-state index contributed by atoms with van der Waals surface area (Å²) in [6.07, 6.45) is 5.14. The van der Waals surface area contributed by atoms with Crippen LogP contribution in [0.15, 0.2) is 40.8 Å². The minimum Gasteiger partial charge on any atom is -0.436 e. The van der Waals surface area contributed by atoms with E-state index in [4.69, 9.17) is 4.42 Å². The van der Waals surface area contributed by atoms with E-state index >= 15 is 0 Å². The summed E-state index contributed by atoms with van der Waals surface area (Å²) in [5.41, 5.74) is 4.27. The molecule has 0 N–H and O–H groups in total. The first-order valence-electron chi connectivity index (χ1n) is 9.51. The summed E-state index contributed by atoms with van der Waals surface area (Å²) < 4.78 is 5.85. The molecule has 27 heavy (non-hydrogen) atoms. The highest BCUT2D eigenvalue weighted by atomic mass is 16.3. The molecule has 1 fully saturated rings. The maximum atomic E-state index is 13.0. The highest BCUT2D eigenvalue weighted by molar-refractivity contribution is 6.22. The maximum Gasteiger partial charge on any atom is 0.261 e. The third-order valence-corrected chi connectivity index (χ3v) is 5.65. The van der Waals surface area contributed by atoms with E-state index in [1.165, 1.54) is 11.3 Å². The van der Waals surface area contributed by atoms with E-state index in [2.05, 4.69) is 4.98 Å². The Balaban J connectivity index is 1.53. The van der Waals surface area contributed by atoms with Crippen molar-refractivity contribution < 1.29 is 14.0 Å². The maximum absolute atomic E-state index is 13.0. The van der Waals surface area contributed by atoms with E-state index in [1.54, 1.807) is 12.1 Å². The Hall–Kier alpha value is -2.95. The van der Waals surface area contributed by atoms with Gasteiger partial charge in [0, 0.05) is 11.6 Å². The lowest BCUT2D eigenvalue weighted by Crippen LogP contribution is -2.40. The summed E-state index contributed by atoms with van der Waals surface area (Å²) in [5, 5.41) is 0. The third-order valence-electron chi connectivity index (χ3n) is 5.65. The lowest BCUT2D eigenvalue weighted by Gasteiger charge is -2.29. The largest absolute Gasteiger partial charge is 0.436 e. The Bertz CT molecular complexity index is 1080. The van der Waals surface area contributed by atoms with E-state index < -0.39 is 0 Å². The van der Waals surface area contributed by atoms with Gasteiger partial charge < -0.3 is 4.42 Å². The number of benzene rings is 2. The van der Waals surface area contributed by atoms with Crippen LogP contribution in [0.4, 0.5) is 0 Å². The van der Waals surface area contributed by atoms with Gasteiger partial charge in [-0.3, -0.25) is 14.5 Å². The Kier molecular flexibility index (Phi) is 3.64. The zero-order valence-electron chi connectivity index (χ0n) is 15.2. The molecule has 5 heteroatoms. The van der Waals surface area contributed by atoms with Gasteiger partial charge in [0.25, 0.3) is 11.8 Å². The molecule has 5 nitrogen and oxygen atoms in total. The molecule has 5 rings (SSSR count). The van der Waals surface area contributed by atoms with Crippen LogP contribution in [-0.4, -0.2) is 27.7 Å². The van der Waals surface area contributed by atoms with Crippen LogP contribution in [0.3, 0.4) is 0 Å². The van der Waals surface area contributed by atoms with Crippen LogP contribution in [0.25, 0.3) is 22.6 Å². The van der Waals surface area contributed by atoms with E-state index in [1.807, 2.05) is 31.2 Å². The molecule has 0 unspecified atom stereocenters. The number of rotatable bonds is 2. The molecule has 2 aromatic carbocycles. The Morgan fingerprint density at radius 2 is 1.74 bits per heavy atom. The Morgan fingerprint density at radius 1 is 0.963 bits per heavy atom.